The van der Waals surface area contributed by atoms with Crippen molar-refractivity contribution in [2.24, 2.45) is 0 Å². The summed E-state index contributed by atoms with van der Waals surface area (Å²) in [7, 11) is 1.84. The second kappa shape index (κ2) is 7.02. The maximum Gasteiger partial charge on any atom is 0.253 e. The van der Waals surface area contributed by atoms with Crippen molar-refractivity contribution in [3.8, 4) is 0 Å². The predicted octanol–water partition coefficient (Wildman–Crippen LogP) is 3.52. The molecule has 0 atom stereocenters. The summed E-state index contributed by atoms with van der Waals surface area (Å²) in [4.78, 5) is 12.4. The quantitative estimate of drug-likeness (QED) is 0.872. The summed E-state index contributed by atoms with van der Waals surface area (Å²) in [6.45, 7) is 0.769. The van der Waals surface area contributed by atoms with Gasteiger partial charge in [-0.15, -0.1) is 0 Å². The summed E-state index contributed by atoms with van der Waals surface area (Å²) in [6.07, 6.45) is 8.48. The number of carbonyl (C=O) groups is 1. The van der Waals surface area contributed by atoms with Crippen molar-refractivity contribution in [1.82, 2.24) is 5.32 Å². The van der Waals surface area contributed by atoms with Crippen LogP contribution in [0, 0.1) is 0 Å². The highest BCUT2D eigenvalue weighted by molar-refractivity contribution is 8.00. The van der Waals surface area contributed by atoms with Gasteiger partial charge in [0.1, 0.15) is 0 Å². The lowest BCUT2D eigenvalue weighted by atomic mass is 9.88. The molecule has 3 nitrogen and oxygen atoms in total. The monoisotopic (exact) mass is 292 g/mol. The van der Waals surface area contributed by atoms with Gasteiger partial charge in [0, 0.05) is 24.0 Å². The summed E-state index contributed by atoms with van der Waals surface area (Å²) < 4.78 is 0.239. The topological polar surface area (TPSA) is 41.1 Å². The molecule has 0 heterocycles. The molecule has 4 heteroatoms. The third kappa shape index (κ3) is 3.48. The second-order valence-electron chi connectivity index (χ2n) is 5.43. The molecule has 1 aromatic rings. The van der Waals surface area contributed by atoms with Crippen molar-refractivity contribution in [3.63, 3.8) is 0 Å². The van der Waals surface area contributed by atoms with E-state index >= 15 is 0 Å². The van der Waals surface area contributed by atoms with Crippen LogP contribution in [0.2, 0.25) is 0 Å². The molecule has 1 amide bonds. The summed E-state index contributed by atoms with van der Waals surface area (Å²) >= 11 is 1.91. The van der Waals surface area contributed by atoms with Gasteiger partial charge in [-0.3, -0.25) is 4.79 Å². The van der Waals surface area contributed by atoms with Gasteiger partial charge in [-0.1, -0.05) is 31.4 Å². The fourth-order valence-corrected chi connectivity index (χ4v) is 3.80. The van der Waals surface area contributed by atoms with Gasteiger partial charge in [0.25, 0.3) is 5.91 Å². The maximum absolute atomic E-state index is 12.4. The number of hydrogen-bond donors (Lipinski definition) is 2. The molecule has 1 aromatic carbocycles. The molecule has 2 N–H and O–H groups in total. The molecule has 0 aromatic heterocycles. The summed E-state index contributed by atoms with van der Waals surface area (Å²) in [5.41, 5.74) is 1.61. The van der Waals surface area contributed by atoms with E-state index in [1.165, 1.54) is 32.1 Å². The van der Waals surface area contributed by atoms with Gasteiger partial charge in [-0.05, 0) is 31.2 Å². The van der Waals surface area contributed by atoms with Gasteiger partial charge < -0.3 is 10.6 Å². The molecule has 1 fully saturated rings. The summed E-state index contributed by atoms with van der Waals surface area (Å²) in [5.74, 6) is 0.0222. The molecule has 0 bridgehead atoms. The fourth-order valence-electron chi connectivity index (χ4n) is 2.88. The Morgan fingerprint density at radius 1 is 1.25 bits per heavy atom. The molecule has 1 aliphatic carbocycles. The third-order valence-corrected chi connectivity index (χ3v) is 5.63. The fraction of sp³-hybridized carbons (Fsp3) is 0.562. The van der Waals surface area contributed by atoms with E-state index in [-0.39, 0.29) is 10.7 Å². The first kappa shape index (κ1) is 15.2. The van der Waals surface area contributed by atoms with Crippen LogP contribution in [0.15, 0.2) is 24.3 Å². The van der Waals surface area contributed by atoms with E-state index in [0.29, 0.717) is 0 Å². The van der Waals surface area contributed by atoms with Crippen molar-refractivity contribution >= 4 is 23.4 Å². The third-order valence-electron chi connectivity index (χ3n) is 4.21. The van der Waals surface area contributed by atoms with Crippen LogP contribution >= 0.6 is 11.8 Å². The van der Waals surface area contributed by atoms with Crippen LogP contribution in [0.4, 0.5) is 5.69 Å². The van der Waals surface area contributed by atoms with Crippen LogP contribution in [0.1, 0.15) is 42.5 Å². The largest absolute Gasteiger partial charge is 0.387 e. The van der Waals surface area contributed by atoms with Gasteiger partial charge in [0.2, 0.25) is 0 Å². The Morgan fingerprint density at radius 3 is 2.60 bits per heavy atom. The second-order valence-corrected chi connectivity index (χ2v) is 6.70. The molecule has 0 unspecified atom stereocenters. The normalized spacial score (nSPS) is 17.5. The van der Waals surface area contributed by atoms with Crippen LogP contribution < -0.4 is 10.6 Å². The SMILES string of the molecule is CNc1ccccc1C(=O)NCC1(SC)CCCCC1. The highest BCUT2D eigenvalue weighted by atomic mass is 32.2. The van der Waals surface area contributed by atoms with Crippen LogP contribution in [-0.2, 0) is 0 Å². The smallest absolute Gasteiger partial charge is 0.253 e. The lowest BCUT2D eigenvalue weighted by molar-refractivity contribution is 0.0947. The van der Waals surface area contributed by atoms with E-state index in [9.17, 15) is 4.79 Å². The number of rotatable bonds is 5. The number of amides is 1. The molecule has 0 spiro atoms. The van der Waals surface area contributed by atoms with Crippen molar-refractivity contribution in [3.05, 3.63) is 29.8 Å². The Morgan fingerprint density at radius 2 is 1.95 bits per heavy atom. The van der Waals surface area contributed by atoms with E-state index < -0.39 is 0 Å². The van der Waals surface area contributed by atoms with E-state index in [0.717, 1.165) is 17.8 Å². The highest BCUT2D eigenvalue weighted by Crippen LogP contribution is 2.38. The molecule has 1 saturated carbocycles. The van der Waals surface area contributed by atoms with Crippen molar-refractivity contribution in [2.75, 3.05) is 25.2 Å². The van der Waals surface area contributed by atoms with E-state index in [1.807, 2.05) is 43.1 Å². The van der Waals surface area contributed by atoms with Gasteiger partial charge in [-0.2, -0.15) is 11.8 Å². The average molecular weight is 292 g/mol. The molecule has 1 aliphatic rings. The van der Waals surface area contributed by atoms with Crippen LogP contribution in [0.3, 0.4) is 0 Å². The highest BCUT2D eigenvalue weighted by Gasteiger charge is 2.31. The molecule has 0 aliphatic heterocycles. The maximum atomic E-state index is 12.4. The number of nitrogens with one attached hydrogen (secondary N) is 2. The molecule has 110 valence electrons. The number of anilines is 1. The Balaban J connectivity index is 2.00. The first-order chi connectivity index (χ1) is 9.71. The predicted molar refractivity (Wildman–Crippen MR) is 87.7 cm³/mol. The van der Waals surface area contributed by atoms with Crippen LogP contribution in [0.25, 0.3) is 0 Å². The zero-order valence-corrected chi connectivity index (χ0v) is 13.2. The Bertz CT molecular complexity index is 456. The minimum atomic E-state index is 0.0222. The van der Waals surface area contributed by atoms with Crippen LogP contribution in [0.5, 0.6) is 0 Å². The van der Waals surface area contributed by atoms with Crippen molar-refractivity contribution < 1.29 is 4.79 Å². The number of carbonyl (C=O) groups excluding carboxylic acids is 1. The number of thioether (sulfide) groups is 1. The Kier molecular flexibility index (Phi) is 5.35. The van der Waals surface area contributed by atoms with E-state index in [1.54, 1.807) is 0 Å². The molecule has 0 saturated heterocycles. The van der Waals surface area contributed by atoms with Crippen LogP contribution in [-0.4, -0.2) is 30.5 Å². The molecular formula is C16H24N2OS. The molecule has 2 rings (SSSR count). The lowest BCUT2D eigenvalue weighted by Crippen LogP contribution is -2.41. The first-order valence-electron chi connectivity index (χ1n) is 7.31. The Hall–Kier alpha value is -1.16. The van der Waals surface area contributed by atoms with Crippen molar-refractivity contribution in [1.29, 1.82) is 0 Å². The number of hydrogen-bond acceptors (Lipinski definition) is 3. The zero-order valence-electron chi connectivity index (χ0n) is 12.4. The first-order valence-corrected chi connectivity index (χ1v) is 8.53. The number of benzene rings is 1. The molecule has 20 heavy (non-hydrogen) atoms. The minimum absolute atomic E-state index is 0.0222. The summed E-state index contributed by atoms with van der Waals surface area (Å²) in [6, 6.07) is 7.64. The Labute approximate surface area is 125 Å². The van der Waals surface area contributed by atoms with Crippen molar-refractivity contribution in [2.45, 2.75) is 36.9 Å². The van der Waals surface area contributed by atoms with E-state index in [4.69, 9.17) is 0 Å². The zero-order chi connectivity index (χ0) is 14.4. The average Bonchev–Trinajstić information content (AvgIpc) is 2.53. The molecule has 0 radical (unpaired) electrons. The van der Waals surface area contributed by atoms with Gasteiger partial charge in [0.05, 0.1) is 5.56 Å². The lowest BCUT2D eigenvalue weighted by Gasteiger charge is -2.35. The van der Waals surface area contributed by atoms with Gasteiger partial charge in [-0.25, -0.2) is 0 Å². The van der Waals surface area contributed by atoms with E-state index in [2.05, 4.69) is 16.9 Å². The molecular weight excluding hydrogens is 268 g/mol. The van der Waals surface area contributed by atoms with Gasteiger partial charge in [0.15, 0.2) is 0 Å². The number of para-hydroxylation sites is 1. The van der Waals surface area contributed by atoms with Gasteiger partial charge >= 0.3 is 0 Å². The summed E-state index contributed by atoms with van der Waals surface area (Å²) in [5, 5.41) is 6.21. The standard InChI is InChI=1S/C16H24N2OS/c1-17-14-9-5-4-8-13(14)15(19)18-12-16(20-2)10-6-3-7-11-16/h4-5,8-9,17H,3,6-7,10-12H2,1-2H3,(H,18,19). The minimum Gasteiger partial charge on any atom is -0.387 e.